The Morgan fingerprint density at radius 1 is 1.23 bits per heavy atom. The van der Waals surface area contributed by atoms with E-state index < -0.39 is 0 Å². The van der Waals surface area contributed by atoms with E-state index in [0.29, 0.717) is 6.42 Å². The zero-order valence-electron chi connectivity index (χ0n) is 7.92. The molecule has 1 fully saturated rings. The molecule has 4 N–H and O–H groups in total. The average Bonchev–Trinajstić information content (AvgIpc) is 2.03. The average molecular weight is 207 g/mol. The van der Waals surface area contributed by atoms with Crippen molar-refractivity contribution in [1.82, 2.24) is 0 Å². The molecule has 1 saturated carbocycles. The van der Waals surface area contributed by atoms with E-state index in [4.69, 9.17) is 11.5 Å². The van der Waals surface area contributed by atoms with E-state index in [2.05, 4.69) is 0 Å². The first-order valence-corrected chi connectivity index (χ1v) is 4.70. The van der Waals surface area contributed by atoms with E-state index in [1.807, 2.05) is 0 Å². The quantitative estimate of drug-likeness (QED) is 0.732. The molecule has 0 heterocycles. The predicted octanol–water partition coefficient (Wildman–Crippen LogP) is 1.34. The fourth-order valence-electron chi connectivity index (χ4n) is 1.88. The summed E-state index contributed by atoms with van der Waals surface area (Å²) in [5.41, 5.74) is 11.1. The van der Waals surface area contributed by atoms with Crippen LogP contribution < -0.4 is 11.5 Å². The molecule has 0 radical (unpaired) electrons. The van der Waals surface area contributed by atoms with E-state index in [9.17, 15) is 4.79 Å². The minimum Gasteiger partial charge on any atom is -0.370 e. The smallest absolute Gasteiger partial charge is 0.217 e. The van der Waals surface area contributed by atoms with Crippen molar-refractivity contribution in [3.8, 4) is 0 Å². The highest BCUT2D eigenvalue weighted by Crippen LogP contribution is 2.29. The Morgan fingerprint density at radius 2 is 1.77 bits per heavy atom. The third-order valence-corrected chi connectivity index (χ3v) is 2.72. The van der Waals surface area contributed by atoms with Crippen LogP contribution in [0, 0.1) is 0 Å². The molecular weight excluding hydrogens is 188 g/mol. The van der Waals surface area contributed by atoms with Crippen LogP contribution in [0.25, 0.3) is 0 Å². The normalized spacial score (nSPS) is 20.4. The third-order valence-electron chi connectivity index (χ3n) is 2.72. The van der Waals surface area contributed by atoms with Crippen LogP contribution in [-0.2, 0) is 4.79 Å². The Morgan fingerprint density at radius 3 is 2.23 bits per heavy atom. The van der Waals surface area contributed by atoms with Crippen molar-refractivity contribution in [2.24, 2.45) is 11.5 Å². The molecule has 0 saturated heterocycles. The van der Waals surface area contributed by atoms with Crippen LogP contribution >= 0.6 is 12.4 Å². The molecular formula is C9H19ClN2O. The van der Waals surface area contributed by atoms with Crippen molar-refractivity contribution in [2.75, 3.05) is 0 Å². The first-order chi connectivity index (χ1) is 5.62. The molecule has 0 aliphatic heterocycles. The molecule has 1 amide bonds. The first-order valence-electron chi connectivity index (χ1n) is 4.70. The maximum Gasteiger partial charge on any atom is 0.217 e. The number of carbonyl (C=O) groups is 1. The number of hydrogen-bond acceptors (Lipinski definition) is 2. The lowest BCUT2D eigenvalue weighted by Gasteiger charge is -2.33. The number of halogens is 1. The lowest BCUT2D eigenvalue weighted by molar-refractivity contribution is -0.118. The molecule has 0 atom stereocenters. The minimum absolute atomic E-state index is 0. The van der Waals surface area contributed by atoms with Gasteiger partial charge >= 0.3 is 0 Å². The monoisotopic (exact) mass is 206 g/mol. The van der Waals surface area contributed by atoms with Crippen LogP contribution in [-0.4, -0.2) is 11.4 Å². The van der Waals surface area contributed by atoms with Gasteiger partial charge < -0.3 is 11.5 Å². The molecule has 78 valence electrons. The molecule has 4 heteroatoms. The zero-order valence-corrected chi connectivity index (χ0v) is 8.74. The summed E-state index contributed by atoms with van der Waals surface area (Å²) in [6.45, 7) is 0. The minimum atomic E-state index is -0.231. The lowest BCUT2D eigenvalue weighted by atomic mass is 9.79. The van der Waals surface area contributed by atoms with Crippen molar-refractivity contribution < 1.29 is 4.79 Å². The molecule has 1 rings (SSSR count). The Labute approximate surface area is 85.6 Å². The highest BCUT2D eigenvalue weighted by Gasteiger charge is 2.27. The van der Waals surface area contributed by atoms with Gasteiger partial charge in [-0.25, -0.2) is 0 Å². The van der Waals surface area contributed by atoms with Gasteiger partial charge in [-0.1, -0.05) is 19.3 Å². The van der Waals surface area contributed by atoms with Crippen molar-refractivity contribution in [3.05, 3.63) is 0 Å². The van der Waals surface area contributed by atoms with Gasteiger partial charge in [0.25, 0.3) is 0 Å². The second kappa shape index (κ2) is 5.45. The highest BCUT2D eigenvalue weighted by molar-refractivity contribution is 5.85. The summed E-state index contributed by atoms with van der Waals surface area (Å²) in [5, 5.41) is 0. The fraction of sp³-hybridized carbons (Fsp3) is 0.889. The molecule has 0 unspecified atom stereocenters. The summed E-state index contributed by atoms with van der Waals surface area (Å²) in [6, 6.07) is 0. The van der Waals surface area contributed by atoms with Crippen LogP contribution in [0.1, 0.15) is 44.9 Å². The summed E-state index contributed by atoms with van der Waals surface area (Å²) in [4.78, 5) is 10.6. The van der Waals surface area contributed by atoms with Gasteiger partial charge in [-0.2, -0.15) is 0 Å². The van der Waals surface area contributed by atoms with Crippen LogP contribution in [0.15, 0.2) is 0 Å². The van der Waals surface area contributed by atoms with Gasteiger partial charge in [-0.3, -0.25) is 4.79 Å². The SMILES string of the molecule is Cl.NC(=O)CCC1(N)CCCCC1. The molecule has 3 nitrogen and oxygen atoms in total. The summed E-state index contributed by atoms with van der Waals surface area (Å²) in [6.07, 6.45) is 7.01. The molecule has 1 aliphatic rings. The molecule has 0 aromatic rings. The van der Waals surface area contributed by atoms with Crippen molar-refractivity contribution >= 4 is 18.3 Å². The molecule has 13 heavy (non-hydrogen) atoms. The first kappa shape index (κ1) is 12.7. The molecule has 0 bridgehead atoms. The number of nitrogens with two attached hydrogens (primary N) is 2. The summed E-state index contributed by atoms with van der Waals surface area (Å²) in [5.74, 6) is -0.231. The Kier molecular flexibility index (Phi) is 5.33. The van der Waals surface area contributed by atoms with E-state index in [1.54, 1.807) is 0 Å². The fourth-order valence-corrected chi connectivity index (χ4v) is 1.88. The molecule has 1 aliphatic carbocycles. The maximum atomic E-state index is 10.6. The van der Waals surface area contributed by atoms with E-state index in [-0.39, 0.29) is 23.9 Å². The maximum absolute atomic E-state index is 10.6. The van der Waals surface area contributed by atoms with Gasteiger partial charge in [0, 0.05) is 12.0 Å². The second-order valence-electron chi connectivity index (χ2n) is 3.89. The van der Waals surface area contributed by atoms with Gasteiger partial charge in [0.15, 0.2) is 0 Å². The largest absolute Gasteiger partial charge is 0.370 e. The zero-order chi connectivity index (χ0) is 9.03. The Balaban J connectivity index is 0.00000144. The van der Waals surface area contributed by atoms with E-state index >= 15 is 0 Å². The van der Waals surface area contributed by atoms with Gasteiger partial charge in [-0.15, -0.1) is 12.4 Å². The number of hydrogen-bond donors (Lipinski definition) is 2. The number of primary amides is 1. The van der Waals surface area contributed by atoms with Gasteiger partial charge in [0.05, 0.1) is 0 Å². The molecule has 0 spiro atoms. The topological polar surface area (TPSA) is 69.1 Å². The van der Waals surface area contributed by atoms with Gasteiger partial charge in [0.2, 0.25) is 5.91 Å². The standard InChI is InChI=1S/C9H18N2O.ClH/c10-8(12)4-7-9(11)5-2-1-3-6-9;/h1-7,11H2,(H2,10,12);1H. The number of amides is 1. The number of carbonyl (C=O) groups excluding carboxylic acids is 1. The van der Waals surface area contributed by atoms with Crippen LogP contribution in [0.4, 0.5) is 0 Å². The summed E-state index contributed by atoms with van der Waals surface area (Å²) in [7, 11) is 0. The van der Waals surface area contributed by atoms with E-state index in [0.717, 1.165) is 19.3 Å². The number of rotatable bonds is 3. The Bertz CT molecular complexity index is 167. The molecule has 0 aromatic heterocycles. The van der Waals surface area contributed by atoms with Crippen molar-refractivity contribution in [1.29, 1.82) is 0 Å². The van der Waals surface area contributed by atoms with Gasteiger partial charge in [-0.05, 0) is 19.3 Å². The van der Waals surface area contributed by atoms with Gasteiger partial charge in [0.1, 0.15) is 0 Å². The highest BCUT2D eigenvalue weighted by atomic mass is 35.5. The van der Waals surface area contributed by atoms with Crippen LogP contribution in [0.2, 0.25) is 0 Å². The second-order valence-corrected chi connectivity index (χ2v) is 3.89. The van der Waals surface area contributed by atoms with Crippen LogP contribution in [0.3, 0.4) is 0 Å². The Hall–Kier alpha value is -0.280. The third kappa shape index (κ3) is 4.48. The van der Waals surface area contributed by atoms with Crippen molar-refractivity contribution in [2.45, 2.75) is 50.5 Å². The van der Waals surface area contributed by atoms with E-state index in [1.165, 1.54) is 19.3 Å². The summed E-state index contributed by atoms with van der Waals surface area (Å²) < 4.78 is 0. The predicted molar refractivity (Wildman–Crippen MR) is 55.7 cm³/mol. The molecule has 0 aromatic carbocycles. The van der Waals surface area contributed by atoms with Crippen molar-refractivity contribution in [3.63, 3.8) is 0 Å². The van der Waals surface area contributed by atoms with Crippen LogP contribution in [0.5, 0.6) is 0 Å². The lowest BCUT2D eigenvalue weighted by Crippen LogP contribution is -2.42. The summed E-state index contributed by atoms with van der Waals surface area (Å²) >= 11 is 0.